The molecule has 0 saturated carbocycles. The lowest BCUT2D eigenvalue weighted by atomic mass is 10.1. The maximum atomic E-state index is 4.53. The maximum Gasteiger partial charge on any atom is 0.0931 e. The maximum absolute atomic E-state index is 4.53. The van der Waals surface area contributed by atoms with Gasteiger partial charge in [-0.2, -0.15) is 0 Å². The predicted octanol–water partition coefficient (Wildman–Crippen LogP) is 3.26. The minimum absolute atomic E-state index is 0.953. The summed E-state index contributed by atoms with van der Waals surface area (Å²) in [4.78, 5) is 14.0. The Kier molecular flexibility index (Phi) is 4.72. The molecular formula is C21H24N4. The van der Waals surface area contributed by atoms with Crippen LogP contribution >= 0.6 is 0 Å². The van der Waals surface area contributed by atoms with E-state index < -0.39 is 0 Å². The van der Waals surface area contributed by atoms with Gasteiger partial charge in [-0.15, -0.1) is 0 Å². The van der Waals surface area contributed by atoms with Crippen molar-refractivity contribution in [2.24, 2.45) is 0 Å². The van der Waals surface area contributed by atoms with E-state index in [1.165, 1.54) is 16.7 Å². The zero-order chi connectivity index (χ0) is 17.1. The second-order valence-electron chi connectivity index (χ2n) is 6.82. The van der Waals surface area contributed by atoms with Gasteiger partial charge in [0.2, 0.25) is 0 Å². The van der Waals surface area contributed by atoms with Gasteiger partial charge in [0.15, 0.2) is 0 Å². The van der Waals surface area contributed by atoms with Gasteiger partial charge >= 0.3 is 0 Å². The van der Waals surface area contributed by atoms with Crippen LogP contribution in [0.2, 0.25) is 0 Å². The van der Waals surface area contributed by atoms with Gasteiger partial charge in [0.05, 0.1) is 11.0 Å². The van der Waals surface area contributed by atoms with Crippen molar-refractivity contribution in [2.45, 2.75) is 20.0 Å². The van der Waals surface area contributed by atoms with E-state index in [0.29, 0.717) is 0 Å². The fraction of sp³-hybridized carbons (Fsp3) is 0.333. The van der Waals surface area contributed by atoms with Gasteiger partial charge in [-0.05, 0) is 29.7 Å². The first-order valence-corrected chi connectivity index (χ1v) is 8.97. The second kappa shape index (κ2) is 7.30. The number of nitrogens with zero attached hydrogens (tertiary/aromatic N) is 4. The first-order valence-electron chi connectivity index (χ1n) is 8.97. The molecule has 2 heterocycles. The molecule has 1 fully saturated rings. The number of aryl methyl sites for hydroxylation is 1. The zero-order valence-electron chi connectivity index (χ0n) is 14.7. The Hall–Kier alpha value is -2.30. The highest BCUT2D eigenvalue weighted by molar-refractivity contribution is 5.77. The molecule has 0 atom stereocenters. The molecule has 25 heavy (non-hydrogen) atoms. The topological polar surface area (TPSA) is 32.3 Å². The summed E-state index contributed by atoms with van der Waals surface area (Å²) in [5.74, 6) is 0. The molecule has 0 bridgehead atoms. The van der Waals surface area contributed by atoms with Crippen LogP contribution in [0.1, 0.15) is 16.7 Å². The lowest BCUT2D eigenvalue weighted by molar-refractivity contribution is 0.122. The zero-order valence-corrected chi connectivity index (χ0v) is 14.7. The SMILES string of the molecule is Cc1ccccc1CN1CCN(Cc2cccc3nccnc23)CC1. The highest BCUT2D eigenvalue weighted by Gasteiger charge is 2.18. The second-order valence-corrected chi connectivity index (χ2v) is 6.82. The largest absolute Gasteiger partial charge is 0.297 e. The van der Waals surface area contributed by atoms with Crippen LogP contribution in [-0.4, -0.2) is 45.9 Å². The number of rotatable bonds is 4. The minimum atomic E-state index is 0.953. The number of piperazine rings is 1. The van der Waals surface area contributed by atoms with Gasteiger partial charge in [-0.1, -0.05) is 36.4 Å². The Labute approximate surface area is 149 Å². The molecule has 1 aliphatic heterocycles. The normalized spacial score (nSPS) is 16.4. The smallest absolute Gasteiger partial charge is 0.0931 e. The van der Waals surface area contributed by atoms with E-state index in [0.717, 1.165) is 50.3 Å². The van der Waals surface area contributed by atoms with E-state index in [9.17, 15) is 0 Å². The number of para-hydroxylation sites is 1. The van der Waals surface area contributed by atoms with Crippen LogP contribution in [0.4, 0.5) is 0 Å². The fourth-order valence-corrected chi connectivity index (χ4v) is 3.55. The summed E-state index contributed by atoms with van der Waals surface area (Å²) in [6.07, 6.45) is 3.54. The molecule has 3 aromatic rings. The van der Waals surface area contributed by atoms with Crippen molar-refractivity contribution < 1.29 is 0 Å². The molecule has 0 spiro atoms. The summed E-state index contributed by atoms with van der Waals surface area (Å²) in [6.45, 7) is 8.64. The van der Waals surface area contributed by atoms with Gasteiger partial charge in [0.1, 0.15) is 0 Å². The number of hydrogen-bond acceptors (Lipinski definition) is 4. The van der Waals surface area contributed by atoms with Gasteiger partial charge in [0, 0.05) is 51.7 Å². The minimum Gasteiger partial charge on any atom is -0.297 e. The monoisotopic (exact) mass is 332 g/mol. The van der Waals surface area contributed by atoms with Crippen molar-refractivity contribution in [1.29, 1.82) is 0 Å². The van der Waals surface area contributed by atoms with E-state index in [-0.39, 0.29) is 0 Å². The number of fused-ring (bicyclic) bond motifs is 1. The van der Waals surface area contributed by atoms with E-state index in [1.807, 2.05) is 6.07 Å². The van der Waals surface area contributed by atoms with E-state index in [4.69, 9.17) is 0 Å². The summed E-state index contributed by atoms with van der Waals surface area (Å²) in [5.41, 5.74) is 6.13. The Morgan fingerprint density at radius 1 is 0.760 bits per heavy atom. The molecule has 1 saturated heterocycles. The van der Waals surface area contributed by atoms with Crippen LogP contribution in [0.5, 0.6) is 0 Å². The molecule has 0 amide bonds. The van der Waals surface area contributed by atoms with Crippen molar-refractivity contribution >= 4 is 11.0 Å². The number of benzene rings is 2. The Bertz CT molecular complexity index is 848. The standard InChI is InChI=1S/C21H24N4/c1-17-5-2-3-6-18(17)15-24-11-13-25(14-12-24)16-19-7-4-8-20-21(19)23-10-9-22-20/h2-10H,11-16H2,1H3. The quantitative estimate of drug-likeness (QED) is 0.734. The van der Waals surface area contributed by atoms with Crippen LogP contribution in [0.15, 0.2) is 54.9 Å². The molecule has 0 N–H and O–H groups in total. The van der Waals surface area contributed by atoms with Crippen LogP contribution in [0, 0.1) is 6.92 Å². The molecule has 2 aromatic carbocycles. The fourth-order valence-electron chi connectivity index (χ4n) is 3.55. The first kappa shape index (κ1) is 16.2. The molecule has 1 aromatic heterocycles. The number of hydrogen-bond donors (Lipinski definition) is 0. The molecule has 0 radical (unpaired) electrons. The van der Waals surface area contributed by atoms with Crippen molar-refractivity contribution in [3.8, 4) is 0 Å². The highest BCUT2D eigenvalue weighted by Crippen LogP contribution is 2.18. The Morgan fingerprint density at radius 3 is 2.16 bits per heavy atom. The first-order chi connectivity index (χ1) is 12.3. The van der Waals surface area contributed by atoms with E-state index >= 15 is 0 Å². The third-order valence-electron chi connectivity index (χ3n) is 5.10. The van der Waals surface area contributed by atoms with Gasteiger partial charge < -0.3 is 0 Å². The number of aromatic nitrogens is 2. The van der Waals surface area contributed by atoms with E-state index in [2.05, 4.69) is 63.1 Å². The van der Waals surface area contributed by atoms with Crippen LogP contribution < -0.4 is 0 Å². The molecular weight excluding hydrogens is 308 g/mol. The van der Waals surface area contributed by atoms with Crippen molar-refractivity contribution in [2.75, 3.05) is 26.2 Å². The molecule has 1 aliphatic rings. The van der Waals surface area contributed by atoms with Gasteiger partial charge in [-0.3, -0.25) is 19.8 Å². The predicted molar refractivity (Wildman–Crippen MR) is 101 cm³/mol. The summed E-state index contributed by atoms with van der Waals surface area (Å²) < 4.78 is 0. The summed E-state index contributed by atoms with van der Waals surface area (Å²) >= 11 is 0. The lowest BCUT2D eigenvalue weighted by Gasteiger charge is -2.35. The molecule has 0 aliphatic carbocycles. The van der Waals surface area contributed by atoms with Crippen molar-refractivity contribution in [1.82, 2.24) is 19.8 Å². The van der Waals surface area contributed by atoms with Crippen LogP contribution in [0.3, 0.4) is 0 Å². The molecule has 4 rings (SSSR count). The molecule has 4 nitrogen and oxygen atoms in total. The van der Waals surface area contributed by atoms with Crippen LogP contribution in [-0.2, 0) is 13.1 Å². The average Bonchev–Trinajstić information content (AvgIpc) is 2.65. The lowest BCUT2D eigenvalue weighted by Crippen LogP contribution is -2.45. The van der Waals surface area contributed by atoms with Crippen molar-refractivity contribution in [3.63, 3.8) is 0 Å². The Morgan fingerprint density at radius 2 is 1.40 bits per heavy atom. The highest BCUT2D eigenvalue weighted by atomic mass is 15.3. The summed E-state index contributed by atoms with van der Waals surface area (Å²) in [7, 11) is 0. The van der Waals surface area contributed by atoms with Gasteiger partial charge in [0.25, 0.3) is 0 Å². The molecule has 0 unspecified atom stereocenters. The molecule has 4 heteroatoms. The van der Waals surface area contributed by atoms with Crippen LogP contribution in [0.25, 0.3) is 11.0 Å². The third-order valence-corrected chi connectivity index (χ3v) is 5.10. The Balaban J connectivity index is 1.38. The summed E-state index contributed by atoms with van der Waals surface area (Å²) in [5, 5.41) is 0. The van der Waals surface area contributed by atoms with Gasteiger partial charge in [-0.25, -0.2) is 0 Å². The van der Waals surface area contributed by atoms with E-state index in [1.54, 1.807) is 12.4 Å². The third kappa shape index (κ3) is 3.70. The molecule has 128 valence electrons. The summed E-state index contributed by atoms with van der Waals surface area (Å²) in [6, 6.07) is 15.0. The average molecular weight is 332 g/mol. The van der Waals surface area contributed by atoms with Crippen molar-refractivity contribution in [3.05, 3.63) is 71.5 Å².